The van der Waals surface area contributed by atoms with Gasteiger partial charge < -0.3 is 10.5 Å². The van der Waals surface area contributed by atoms with Crippen LogP contribution in [-0.4, -0.2) is 33.2 Å². The molecule has 0 aliphatic rings. The molecule has 1 aromatic rings. The first-order valence-corrected chi connectivity index (χ1v) is 8.73. The van der Waals surface area contributed by atoms with Gasteiger partial charge >= 0.3 is 0 Å². The third-order valence-corrected chi connectivity index (χ3v) is 4.79. The molecule has 0 aliphatic carbocycles. The summed E-state index contributed by atoms with van der Waals surface area (Å²) in [5, 5.41) is 7.28. The van der Waals surface area contributed by atoms with Crippen LogP contribution < -0.4 is 5.73 Å². The Hall–Kier alpha value is -1.40. The van der Waals surface area contributed by atoms with E-state index in [2.05, 4.69) is 13.8 Å². The van der Waals surface area contributed by atoms with Crippen molar-refractivity contribution < 1.29 is 13.2 Å². The normalized spacial score (nSPS) is 11.8. The van der Waals surface area contributed by atoms with Crippen LogP contribution in [0.5, 0.6) is 0 Å². The smallest absolute Gasteiger partial charge is 0.180 e. The molecule has 1 rings (SSSR count). The third-order valence-electron chi connectivity index (χ3n) is 3.09. The van der Waals surface area contributed by atoms with Crippen molar-refractivity contribution in [2.75, 3.05) is 19.0 Å². The van der Waals surface area contributed by atoms with Crippen molar-refractivity contribution >= 4 is 15.7 Å². The Bertz CT molecular complexity index is 551. The van der Waals surface area contributed by atoms with Crippen LogP contribution >= 0.6 is 0 Å². The molecule has 0 atom stereocenters. The van der Waals surface area contributed by atoms with Gasteiger partial charge in [-0.2, -0.15) is 0 Å². The summed E-state index contributed by atoms with van der Waals surface area (Å²) in [6.45, 7) is 5.09. The molecule has 0 heterocycles. The van der Waals surface area contributed by atoms with E-state index >= 15 is 0 Å². The summed E-state index contributed by atoms with van der Waals surface area (Å²) in [6.07, 6.45) is 2.03. The maximum atomic E-state index is 12.1. The van der Waals surface area contributed by atoms with Crippen molar-refractivity contribution in [2.24, 2.45) is 11.7 Å². The van der Waals surface area contributed by atoms with Crippen molar-refractivity contribution in [3.8, 4) is 0 Å². The monoisotopic (exact) mass is 312 g/mol. The Labute approximate surface area is 126 Å². The second-order valence-corrected chi connectivity index (χ2v) is 7.51. The van der Waals surface area contributed by atoms with Crippen LogP contribution in [0.1, 0.15) is 32.3 Å². The largest absolute Gasteiger partial charge is 0.384 e. The van der Waals surface area contributed by atoms with E-state index in [0.717, 1.165) is 12.8 Å². The molecule has 3 N–H and O–H groups in total. The third kappa shape index (κ3) is 6.27. The summed E-state index contributed by atoms with van der Waals surface area (Å²) >= 11 is 0. The van der Waals surface area contributed by atoms with Gasteiger partial charge in [-0.1, -0.05) is 26.0 Å². The van der Waals surface area contributed by atoms with Gasteiger partial charge in [0, 0.05) is 12.2 Å². The topological polar surface area (TPSA) is 93.2 Å². The summed E-state index contributed by atoms with van der Waals surface area (Å²) in [4.78, 5) is 0.235. The average molecular weight is 312 g/mol. The van der Waals surface area contributed by atoms with Crippen molar-refractivity contribution in [3.05, 3.63) is 29.8 Å². The van der Waals surface area contributed by atoms with Crippen molar-refractivity contribution in [1.29, 1.82) is 5.41 Å². The first-order chi connectivity index (χ1) is 9.83. The Morgan fingerprint density at radius 2 is 1.86 bits per heavy atom. The molecule has 0 spiro atoms. The van der Waals surface area contributed by atoms with E-state index in [1.54, 1.807) is 12.1 Å². The number of nitrogens with two attached hydrogens (primary N) is 1. The molecule has 0 bridgehead atoms. The lowest BCUT2D eigenvalue weighted by molar-refractivity contribution is 0.142. The van der Waals surface area contributed by atoms with E-state index in [-0.39, 0.29) is 23.1 Å². The molecule has 0 radical (unpaired) electrons. The van der Waals surface area contributed by atoms with E-state index in [4.69, 9.17) is 15.9 Å². The molecule has 0 saturated heterocycles. The Kier molecular flexibility index (Phi) is 6.84. The Morgan fingerprint density at radius 3 is 2.38 bits per heavy atom. The van der Waals surface area contributed by atoms with Gasteiger partial charge in [0.25, 0.3) is 0 Å². The SMILES string of the molecule is CC(C)CCCOCCS(=O)(=O)c1ccc(C(=N)N)cc1. The maximum absolute atomic E-state index is 12.1. The van der Waals surface area contributed by atoms with E-state index in [1.807, 2.05) is 0 Å². The summed E-state index contributed by atoms with van der Waals surface area (Å²) in [5.41, 5.74) is 5.85. The molecule has 0 saturated carbocycles. The molecule has 1 aromatic carbocycles. The van der Waals surface area contributed by atoms with Crippen LogP contribution in [0.4, 0.5) is 0 Å². The number of hydrogen-bond donors (Lipinski definition) is 2. The lowest BCUT2D eigenvalue weighted by Gasteiger charge is -2.08. The van der Waals surface area contributed by atoms with Gasteiger partial charge in [-0.3, -0.25) is 5.41 Å². The number of benzene rings is 1. The van der Waals surface area contributed by atoms with E-state index in [0.29, 0.717) is 18.1 Å². The van der Waals surface area contributed by atoms with Gasteiger partial charge in [0.2, 0.25) is 0 Å². The number of nitrogens with one attached hydrogen (secondary N) is 1. The maximum Gasteiger partial charge on any atom is 0.180 e. The number of rotatable bonds is 9. The van der Waals surface area contributed by atoms with Gasteiger partial charge in [-0.15, -0.1) is 0 Å². The van der Waals surface area contributed by atoms with Crippen molar-refractivity contribution in [3.63, 3.8) is 0 Å². The highest BCUT2D eigenvalue weighted by Crippen LogP contribution is 2.12. The second kappa shape index (κ2) is 8.14. The fraction of sp³-hybridized carbons (Fsp3) is 0.533. The summed E-state index contributed by atoms with van der Waals surface area (Å²) < 4.78 is 29.5. The van der Waals surface area contributed by atoms with Gasteiger partial charge in [0.1, 0.15) is 5.84 Å². The van der Waals surface area contributed by atoms with Crippen molar-refractivity contribution in [1.82, 2.24) is 0 Å². The molecular weight excluding hydrogens is 288 g/mol. The van der Waals surface area contributed by atoms with Crippen LogP contribution in [0, 0.1) is 11.3 Å². The summed E-state index contributed by atoms with van der Waals surface area (Å²) in [7, 11) is -3.34. The zero-order chi connectivity index (χ0) is 15.9. The zero-order valence-corrected chi connectivity index (χ0v) is 13.4. The number of sulfone groups is 1. The van der Waals surface area contributed by atoms with Crippen LogP contribution in [-0.2, 0) is 14.6 Å². The van der Waals surface area contributed by atoms with Gasteiger partial charge in [-0.25, -0.2) is 8.42 Å². The molecule has 0 aliphatic heterocycles. The molecule has 0 amide bonds. The van der Waals surface area contributed by atoms with E-state index in [1.165, 1.54) is 12.1 Å². The quantitative estimate of drug-likeness (QED) is 0.415. The lowest BCUT2D eigenvalue weighted by atomic mass is 10.1. The molecular formula is C15H24N2O3S. The highest BCUT2D eigenvalue weighted by molar-refractivity contribution is 7.91. The number of nitrogen functional groups attached to an aromatic ring is 1. The molecule has 118 valence electrons. The first kappa shape index (κ1) is 17.7. The summed E-state index contributed by atoms with van der Waals surface area (Å²) in [5.74, 6) is 0.526. The van der Waals surface area contributed by atoms with Crippen LogP contribution in [0.15, 0.2) is 29.2 Å². The van der Waals surface area contributed by atoms with Gasteiger partial charge in [-0.05, 0) is 30.9 Å². The predicted molar refractivity (Wildman–Crippen MR) is 84.4 cm³/mol. The average Bonchev–Trinajstić information content (AvgIpc) is 2.42. The van der Waals surface area contributed by atoms with Crippen molar-refractivity contribution in [2.45, 2.75) is 31.6 Å². The molecule has 0 fully saturated rings. The molecule has 0 unspecified atom stereocenters. The molecule has 0 aromatic heterocycles. The van der Waals surface area contributed by atoms with Crippen LogP contribution in [0.25, 0.3) is 0 Å². The minimum Gasteiger partial charge on any atom is -0.384 e. The minimum atomic E-state index is -3.34. The Morgan fingerprint density at radius 1 is 1.24 bits per heavy atom. The number of hydrogen-bond acceptors (Lipinski definition) is 4. The Balaban J connectivity index is 2.44. The summed E-state index contributed by atoms with van der Waals surface area (Å²) in [6, 6.07) is 6.03. The molecule has 6 heteroatoms. The van der Waals surface area contributed by atoms with Gasteiger partial charge in [0.05, 0.1) is 17.3 Å². The molecule has 5 nitrogen and oxygen atoms in total. The van der Waals surface area contributed by atoms with E-state index < -0.39 is 9.84 Å². The first-order valence-electron chi connectivity index (χ1n) is 7.08. The molecule has 21 heavy (non-hydrogen) atoms. The lowest BCUT2D eigenvalue weighted by Crippen LogP contribution is -2.14. The van der Waals surface area contributed by atoms with Gasteiger partial charge in [0.15, 0.2) is 9.84 Å². The van der Waals surface area contributed by atoms with Crippen LogP contribution in [0.2, 0.25) is 0 Å². The minimum absolute atomic E-state index is 0.0336. The second-order valence-electron chi connectivity index (χ2n) is 5.41. The highest BCUT2D eigenvalue weighted by Gasteiger charge is 2.14. The fourth-order valence-electron chi connectivity index (χ4n) is 1.82. The van der Waals surface area contributed by atoms with Crippen LogP contribution in [0.3, 0.4) is 0 Å². The van der Waals surface area contributed by atoms with E-state index in [9.17, 15) is 8.42 Å². The number of ether oxygens (including phenoxy) is 1. The highest BCUT2D eigenvalue weighted by atomic mass is 32.2. The predicted octanol–water partition coefficient (Wildman–Crippen LogP) is 2.20. The number of amidine groups is 1. The fourth-order valence-corrected chi connectivity index (χ4v) is 2.95. The zero-order valence-electron chi connectivity index (χ0n) is 12.6. The standard InChI is InChI=1S/C15H24N2O3S/c1-12(2)4-3-9-20-10-11-21(18,19)14-7-5-13(6-8-14)15(16)17/h5-8,12H,3-4,9-11H2,1-2H3,(H3,16,17).